The lowest BCUT2D eigenvalue weighted by Crippen LogP contribution is -2.16. The second-order valence-electron chi connectivity index (χ2n) is 5.97. The van der Waals surface area contributed by atoms with Crippen molar-refractivity contribution in [3.63, 3.8) is 0 Å². The molecule has 4 nitrogen and oxygen atoms in total. The molecule has 1 aliphatic rings. The Hall–Kier alpha value is -1.55. The predicted octanol–water partition coefficient (Wildman–Crippen LogP) is 3.46. The summed E-state index contributed by atoms with van der Waals surface area (Å²) in [5.41, 5.74) is 6.49. The summed E-state index contributed by atoms with van der Waals surface area (Å²) in [5, 5.41) is 2.90. The predicted molar refractivity (Wildman–Crippen MR) is 85.5 cm³/mol. The second kappa shape index (κ2) is 8.03. The fourth-order valence-corrected chi connectivity index (χ4v) is 2.62. The van der Waals surface area contributed by atoms with Gasteiger partial charge in [-0.1, -0.05) is 0 Å². The summed E-state index contributed by atoms with van der Waals surface area (Å²) in [6, 6.07) is 7.80. The van der Waals surface area contributed by atoms with E-state index < -0.39 is 0 Å². The number of nitrogens with two attached hydrogens (primary N) is 1. The Kier molecular flexibility index (Phi) is 6.05. The molecule has 0 saturated heterocycles. The van der Waals surface area contributed by atoms with Gasteiger partial charge in [-0.25, -0.2) is 0 Å². The highest BCUT2D eigenvalue weighted by atomic mass is 16.5. The number of carbonyl (C=O) groups excluding carboxylic acids is 1. The quantitative estimate of drug-likeness (QED) is 0.808. The molecule has 3 N–H and O–H groups in total. The van der Waals surface area contributed by atoms with Crippen LogP contribution in [-0.4, -0.2) is 18.1 Å². The van der Waals surface area contributed by atoms with Crippen LogP contribution in [0.25, 0.3) is 0 Å². The molecule has 1 amide bonds. The highest BCUT2D eigenvalue weighted by Crippen LogP contribution is 2.25. The lowest BCUT2D eigenvalue weighted by Gasteiger charge is -2.13. The van der Waals surface area contributed by atoms with Crippen LogP contribution in [0.5, 0.6) is 5.75 Å². The van der Waals surface area contributed by atoms with E-state index in [1.807, 2.05) is 31.2 Å². The monoisotopic (exact) mass is 290 g/mol. The fourth-order valence-electron chi connectivity index (χ4n) is 2.62. The first-order chi connectivity index (χ1) is 10.1. The Bertz CT molecular complexity index is 437. The molecule has 1 unspecified atom stereocenters. The summed E-state index contributed by atoms with van der Waals surface area (Å²) < 4.78 is 5.90. The van der Waals surface area contributed by atoms with E-state index in [9.17, 15) is 4.79 Å². The van der Waals surface area contributed by atoms with Crippen LogP contribution in [-0.2, 0) is 4.79 Å². The Morgan fingerprint density at radius 2 is 2.00 bits per heavy atom. The molecule has 116 valence electrons. The van der Waals surface area contributed by atoms with E-state index in [0.29, 0.717) is 12.5 Å². The standard InChI is InChI=1S/C17H26N2O2/c1-13(18)5-4-8-17(20)19-14-9-11-16(12-10-14)21-15-6-2-3-7-15/h9-13,15H,2-8,18H2,1H3,(H,19,20). The summed E-state index contributed by atoms with van der Waals surface area (Å²) in [6.45, 7) is 1.96. The van der Waals surface area contributed by atoms with Crippen molar-refractivity contribution in [2.45, 2.75) is 64.0 Å². The molecule has 0 aromatic heterocycles. The molecule has 0 aliphatic heterocycles. The lowest BCUT2D eigenvalue weighted by molar-refractivity contribution is -0.116. The molecule has 1 aromatic carbocycles. The van der Waals surface area contributed by atoms with E-state index in [1.54, 1.807) is 0 Å². The van der Waals surface area contributed by atoms with Crippen molar-refractivity contribution < 1.29 is 9.53 Å². The average Bonchev–Trinajstić information content (AvgIpc) is 2.93. The van der Waals surface area contributed by atoms with Crippen molar-refractivity contribution in [2.24, 2.45) is 5.73 Å². The van der Waals surface area contributed by atoms with Crippen LogP contribution in [0.1, 0.15) is 51.9 Å². The van der Waals surface area contributed by atoms with Crippen molar-refractivity contribution in [3.05, 3.63) is 24.3 Å². The van der Waals surface area contributed by atoms with Gasteiger partial charge in [-0.15, -0.1) is 0 Å². The van der Waals surface area contributed by atoms with Gasteiger partial charge < -0.3 is 15.8 Å². The van der Waals surface area contributed by atoms with Crippen molar-refractivity contribution in [1.82, 2.24) is 0 Å². The molecule has 0 heterocycles. The van der Waals surface area contributed by atoms with E-state index in [0.717, 1.165) is 37.1 Å². The fraction of sp³-hybridized carbons (Fsp3) is 0.588. The molecule has 4 heteroatoms. The first kappa shape index (κ1) is 15.8. The van der Waals surface area contributed by atoms with Gasteiger partial charge in [0.25, 0.3) is 0 Å². The largest absolute Gasteiger partial charge is 0.490 e. The molecule has 1 aliphatic carbocycles. The van der Waals surface area contributed by atoms with Gasteiger partial charge in [0.05, 0.1) is 6.10 Å². The van der Waals surface area contributed by atoms with Crippen LogP contribution in [0, 0.1) is 0 Å². The van der Waals surface area contributed by atoms with Gasteiger partial charge in [-0.3, -0.25) is 4.79 Å². The van der Waals surface area contributed by atoms with Crippen molar-refractivity contribution >= 4 is 11.6 Å². The van der Waals surface area contributed by atoms with Crippen molar-refractivity contribution in [1.29, 1.82) is 0 Å². The van der Waals surface area contributed by atoms with Crippen LogP contribution in [0.4, 0.5) is 5.69 Å². The summed E-state index contributed by atoms with van der Waals surface area (Å²) in [7, 11) is 0. The summed E-state index contributed by atoms with van der Waals surface area (Å²) in [5.74, 6) is 0.928. The van der Waals surface area contributed by atoms with E-state index in [-0.39, 0.29) is 11.9 Å². The third-order valence-corrected chi connectivity index (χ3v) is 3.81. The van der Waals surface area contributed by atoms with E-state index in [2.05, 4.69) is 5.32 Å². The van der Waals surface area contributed by atoms with Gasteiger partial charge >= 0.3 is 0 Å². The minimum Gasteiger partial charge on any atom is -0.490 e. The van der Waals surface area contributed by atoms with Gasteiger partial charge in [0.2, 0.25) is 5.91 Å². The van der Waals surface area contributed by atoms with Crippen LogP contribution >= 0.6 is 0 Å². The zero-order valence-electron chi connectivity index (χ0n) is 12.8. The molecule has 1 saturated carbocycles. The normalized spacial score (nSPS) is 16.7. The number of carbonyl (C=O) groups is 1. The van der Waals surface area contributed by atoms with Crippen LogP contribution in [0.2, 0.25) is 0 Å². The molecule has 1 atom stereocenters. The minimum absolute atomic E-state index is 0.0418. The minimum atomic E-state index is 0.0418. The molecule has 0 bridgehead atoms. The lowest BCUT2D eigenvalue weighted by atomic mass is 10.1. The molecule has 0 radical (unpaired) electrons. The number of rotatable bonds is 7. The van der Waals surface area contributed by atoms with Gasteiger partial charge in [0.15, 0.2) is 0 Å². The molecule has 21 heavy (non-hydrogen) atoms. The van der Waals surface area contributed by atoms with Gasteiger partial charge in [0.1, 0.15) is 5.75 Å². The number of hydrogen-bond acceptors (Lipinski definition) is 3. The Balaban J connectivity index is 1.74. The second-order valence-corrected chi connectivity index (χ2v) is 5.97. The molecule has 0 spiro atoms. The zero-order chi connectivity index (χ0) is 15.1. The smallest absolute Gasteiger partial charge is 0.224 e. The van der Waals surface area contributed by atoms with Crippen molar-refractivity contribution in [2.75, 3.05) is 5.32 Å². The van der Waals surface area contributed by atoms with Gasteiger partial charge in [-0.2, -0.15) is 0 Å². The third kappa shape index (κ3) is 5.76. The maximum absolute atomic E-state index is 11.8. The number of amides is 1. The summed E-state index contributed by atoms with van der Waals surface area (Å²) in [4.78, 5) is 11.8. The topological polar surface area (TPSA) is 64.4 Å². The van der Waals surface area contributed by atoms with Crippen LogP contribution in [0.3, 0.4) is 0 Å². The first-order valence-corrected chi connectivity index (χ1v) is 7.95. The van der Waals surface area contributed by atoms with Crippen LogP contribution in [0.15, 0.2) is 24.3 Å². The summed E-state index contributed by atoms with van der Waals surface area (Å²) >= 11 is 0. The number of benzene rings is 1. The van der Waals surface area contributed by atoms with E-state index in [4.69, 9.17) is 10.5 Å². The first-order valence-electron chi connectivity index (χ1n) is 7.95. The molecule has 2 rings (SSSR count). The Labute approximate surface area is 127 Å². The van der Waals surface area contributed by atoms with Gasteiger partial charge in [0, 0.05) is 18.2 Å². The van der Waals surface area contributed by atoms with Crippen molar-refractivity contribution in [3.8, 4) is 5.75 Å². The Morgan fingerprint density at radius 3 is 2.62 bits per heavy atom. The number of hydrogen-bond donors (Lipinski definition) is 2. The highest BCUT2D eigenvalue weighted by Gasteiger charge is 2.16. The van der Waals surface area contributed by atoms with Crippen LogP contribution < -0.4 is 15.8 Å². The van der Waals surface area contributed by atoms with Gasteiger partial charge in [-0.05, 0) is 69.7 Å². The maximum Gasteiger partial charge on any atom is 0.224 e. The number of anilines is 1. The maximum atomic E-state index is 11.8. The highest BCUT2D eigenvalue weighted by molar-refractivity contribution is 5.90. The zero-order valence-corrected chi connectivity index (χ0v) is 12.8. The average molecular weight is 290 g/mol. The summed E-state index contributed by atoms with van der Waals surface area (Å²) in [6.07, 6.45) is 7.41. The SMILES string of the molecule is CC(N)CCCC(=O)Nc1ccc(OC2CCCC2)cc1. The molecular formula is C17H26N2O2. The molecule has 1 aromatic rings. The number of ether oxygens (including phenoxy) is 1. The Morgan fingerprint density at radius 1 is 1.33 bits per heavy atom. The third-order valence-electron chi connectivity index (χ3n) is 3.81. The van der Waals surface area contributed by atoms with E-state index in [1.165, 1.54) is 12.8 Å². The molecular weight excluding hydrogens is 264 g/mol. The molecule has 1 fully saturated rings. The van der Waals surface area contributed by atoms with E-state index >= 15 is 0 Å². The number of nitrogens with one attached hydrogen (secondary N) is 1.